The molecule has 0 fully saturated rings. The lowest BCUT2D eigenvalue weighted by molar-refractivity contribution is 0.636. The summed E-state index contributed by atoms with van der Waals surface area (Å²) in [4.78, 5) is 9.20. The van der Waals surface area contributed by atoms with Crippen molar-refractivity contribution >= 4 is 22.3 Å². The smallest absolute Gasteiger partial charge is 0.153 e. The van der Waals surface area contributed by atoms with Crippen LogP contribution >= 0.6 is 0 Å². The second-order valence-electron chi connectivity index (χ2n) is 5.60. The third kappa shape index (κ3) is 1.97. The van der Waals surface area contributed by atoms with Gasteiger partial charge < -0.3 is 11.1 Å². The summed E-state index contributed by atoms with van der Waals surface area (Å²) in [5, 5.41) is 10.5. The van der Waals surface area contributed by atoms with Crippen molar-refractivity contribution in [2.24, 2.45) is 5.73 Å². The van der Waals surface area contributed by atoms with E-state index in [9.17, 15) is 4.39 Å². The number of nitrogens with one attached hydrogen (secondary N) is 2. The standard InChI is InChI=1S/C16H15FN6/c1-7-8(2)22-16-15(21-7)13(12(18)6-19-16)9-3-4-11(17)14-10(9)5-20-23-14/h3-5H,6,18H2,1-2H3,(H,19,22)(H,20,23). The molecule has 4 N–H and O–H groups in total. The molecule has 6 nitrogen and oxygen atoms in total. The van der Waals surface area contributed by atoms with Crippen LogP contribution in [0.25, 0.3) is 16.5 Å². The van der Waals surface area contributed by atoms with Gasteiger partial charge in [-0.2, -0.15) is 5.10 Å². The molecule has 7 heteroatoms. The Kier molecular flexibility index (Phi) is 2.84. The first-order chi connectivity index (χ1) is 11.1. The van der Waals surface area contributed by atoms with Crippen LogP contribution in [0, 0.1) is 19.7 Å². The summed E-state index contributed by atoms with van der Waals surface area (Å²) in [5.74, 6) is 0.346. The van der Waals surface area contributed by atoms with Crippen molar-refractivity contribution in [2.75, 3.05) is 11.9 Å². The zero-order chi connectivity index (χ0) is 16.1. The predicted molar refractivity (Wildman–Crippen MR) is 86.3 cm³/mol. The van der Waals surface area contributed by atoms with Crippen molar-refractivity contribution in [2.45, 2.75) is 13.8 Å². The fourth-order valence-electron chi connectivity index (χ4n) is 2.84. The second kappa shape index (κ2) is 4.77. The molecule has 1 aliphatic heterocycles. The van der Waals surface area contributed by atoms with E-state index in [-0.39, 0.29) is 5.82 Å². The molecule has 0 unspecified atom stereocenters. The lowest BCUT2D eigenvalue weighted by Crippen LogP contribution is -2.22. The topological polar surface area (TPSA) is 92.5 Å². The van der Waals surface area contributed by atoms with Gasteiger partial charge in [-0.3, -0.25) is 5.10 Å². The van der Waals surface area contributed by atoms with Crippen molar-refractivity contribution in [3.05, 3.63) is 52.5 Å². The van der Waals surface area contributed by atoms with Gasteiger partial charge in [0.1, 0.15) is 17.0 Å². The average Bonchev–Trinajstić information content (AvgIpc) is 3.01. The first-order valence-corrected chi connectivity index (χ1v) is 7.26. The van der Waals surface area contributed by atoms with Crippen molar-refractivity contribution < 1.29 is 4.39 Å². The summed E-state index contributed by atoms with van der Waals surface area (Å²) in [7, 11) is 0. The lowest BCUT2D eigenvalue weighted by Gasteiger charge is -2.22. The molecule has 0 amide bonds. The van der Waals surface area contributed by atoms with Crippen LogP contribution in [0.2, 0.25) is 0 Å². The van der Waals surface area contributed by atoms with Gasteiger partial charge in [0.05, 0.1) is 24.1 Å². The number of hydrogen-bond donors (Lipinski definition) is 3. The van der Waals surface area contributed by atoms with Gasteiger partial charge in [-0.1, -0.05) is 6.07 Å². The Balaban J connectivity index is 2.03. The van der Waals surface area contributed by atoms with Crippen LogP contribution < -0.4 is 11.1 Å². The fourth-order valence-corrected chi connectivity index (χ4v) is 2.84. The van der Waals surface area contributed by atoms with Crippen LogP contribution in [0.4, 0.5) is 10.2 Å². The molecule has 116 valence electrons. The summed E-state index contributed by atoms with van der Waals surface area (Å²) in [6.45, 7) is 4.29. The molecule has 4 rings (SSSR count). The summed E-state index contributed by atoms with van der Waals surface area (Å²) >= 11 is 0. The third-order valence-corrected chi connectivity index (χ3v) is 4.15. The van der Waals surface area contributed by atoms with Crippen LogP contribution in [0.1, 0.15) is 22.6 Å². The van der Waals surface area contributed by atoms with Crippen molar-refractivity contribution in [3.63, 3.8) is 0 Å². The molecule has 23 heavy (non-hydrogen) atoms. The largest absolute Gasteiger partial charge is 0.400 e. The number of H-pyrrole nitrogens is 1. The number of hydrogen-bond acceptors (Lipinski definition) is 5. The Morgan fingerprint density at radius 3 is 2.78 bits per heavy atom. The maximum atomic E-state index is 13.9. The van der Waals surface area contributed by atoms with E-state index in [1.54, 1.807) is 12.3 Å². The minimum atomic E-state index is -0.347. The number of aromatic nitrogens is 4. The van der Waals surface area contributed by atoms with Gasteiger partial charge in [-0.15, -0.1) is 0 Å². The fraction of sp³-hybridized carbons (Fsp3) is 0.188. The number of aromatic amines is 1. The maximum Gasteiger partial charge on any atom is 0.153 e. The Morgan fingerprint density at radius 2 is 1.96 bits per heavy atom. The van der Waals surface area contributed by atoms with E-state index in [1.165, 1.54) is 6.07 Å². The zero-order valence-electron chi connectivity index (χ0n) is 12.7. The third-order valence-electron chi connectivity index (χ3n) is 4.15. The Hall–Kier alpha value is -2.96. The molecule has 0 saturated heterocycles. The number of anilines is 1. The molecule has 0 spiro atoms. The molecule has 1 aromatic carbocycles. The quantitative estimate of drug-likeness (QED) is 0.641. The Morgan fingerprint density at radius 1 is 1.17 bits per heavy atom. The van der Waals surface area contributed by atoms with Crippen molar-refractivity contribution in [1.82, 2.24) is 20.2 Å². The molecule has 1 aliphatic rings. The SMILES string of the molecule is Cc1nc2c(nc1C)C(c1ccc(F)c3[nH]ncc13)=C(N)CN2. The lowest BCUT2D eigenvalue weighted by atomic mass is 9.95. The van der Waals surface area contributed by atoms with Crippen LogP contribution in [0.15, 0.2) is 24.0 Å². The number of nitrogens with zero attached hydrogens (tertiary/aromatic N) is 3. The first-order valence-electron chi connectivity index (χ1n) is 7.26. The highest BCUT2D eigenvalue weighted by atomic mass is 19.1. The van der Waals surface area contributed by atoms with Crippen LogP contribution in [0.3, 0.4) is 0 Å². The van der Waals surface area contributed by atoms with Gasteiger partial charge in [0.15, 0.2) is 5.82 Å². The van der Waals surface area contributed by atoms with Crippen molar-refractivity contribution in [1.29, 1.82) is 0 Å². The number of nitrogens with two attached hydrogens (primary N) is 1. The van der Waals surface area contributed by atoms with E-state index in [0.717, 1.165) is 22.5 Å². The minimum Gasteiger partial charge on any atom is -0.400 e. The number of fused-ring (bicyclic) bond motifs is 2. The number of benzene rings is 1. The van der Waals surface area contributed by atoms with E-state index in [2.05, 4.69) is 25.5 Å². The number of rotatable bonds is 1. The van der Waals surface area contributed by atoms with E-state index >= 15 is 0 Å². The van der Waals surface area contributed by atoms with Crippen LogP contribution in [-0.4, -0.2) is 26.7 Å². The molecule has 0 aliphatic carbocycles. The Labute approximate surface area is 131 Å². The second-order valence-corrected chi connectivity index (χ2v) is 5.60. The van der Waals surface area contributed by atoms with Crippen molar-refractivity contribution in [3.8, 4) is 0 Å². The predicted octanol–water partition coefficient (Wildman–Crippen LogP) is 2.25. The highest BCUT2D eigenvalue weighted by Gasteiger charge is 2.24. The Bertz CT molecular complexity index is 972. The molecule has 3 aromatic rings. The van der Waals surface area contributed by atoms with Crippen LogP contribution in [0.5, 0.6) is 0 Å². The molecule has 3 heterocycles. The van der Waals surface area contributed by atoms with E-state index in [1.807, 2.05) is 13.8 Å². The van der Waals surface area contributed by atoms with E-state index in [0.29, 0.717) is 34.7 Å². The molecule has 0 bridgehead atoms. The van der Waals surface area contributed by atoms with Crippen LogP contribution in [-0.2, 0) is 0 Å². The van der Waals surface area contributed by atoms with E-state index in [4.69, 9.17) is 5.73 Å². The maximum absolute atomic E-state index is 13.9. The summed E-state index contributed by atoms with van der Waals surface area (Å²) in [6.07, 6.45) is 1.60. The first kappa shape index (κ1) is 13.7. The van der Waals surface area contributed by atoms with Gasteiger partial charge in [0.2, 0.25) is 0 Å². The van der Waals surface area contributed by atoms with Gasteiger partial charge in [0.25, 0.3) is 0 Å². The molecule has 2 aromatic heterocycles. The summed E-state index contributed by atoms with van der Waals surface area (Å²) < 4.78 is 13.9. The van der Waals surface area contributed by atoms with Gasteiger partial charge in [-0.05, 0) is 25.5 Å². The van der Waals surface area contributed by atoms with Gasteiger partial charge in [0, 0.05) is 16.7 Å². The summed E-state index contributed by atoms with van der Waals surface area (Å²) in [6, 6.07) is 3.12. The highest BCUT2D eigenvalue weighted by molar-refractivity contribution is 5.99. The van der Waals surface area contributed by atoms with Gasteiger partial charge in [-0.25, -0.2) is 14.4 Å². The molecule has 0 radical (unpaired) electrons. The number of halogens is 1. The average molecular weight is 310 g/mol. The van der Waals surface area contributed by atoms with Gasteiger partial charge >= 0.3 is 0 Å². The highest BCUT2D eigenvalue weighted by Crippen LogP contribution is 2.36. The number of aryl methyl sites for hydroxylation is 2. The molecule has 0 saturated carbocycles. The molecular weight excluding hydrogens is 295 g/mol. The normalized spacial score (nSPS) is 14.0. The summed E-state index contributed by atoms with van der Waals surface area (Å²) in [5.41, 5.74) is 11.2. The van der Waals surface area contributed by atoms with E-state index < -0.39 is 0 Å². The molecule has 0 atom stereocenters. The monoisotopic (exact) mass is 310 g/mol. The zero-order valence-corrected chi connectivity index (χ0v) is 12.7. The minimum absolute atomic E-state index is 0.347. The molecular formula is C16H15FN6.